The van der Waals surface area contributed by atoms with Gasteiger partial charge in [-0.2, -0.15) is 0 Å². The Labute approximate surface area is 694 Å². The highest BCUT2D eigenvalue weighted by atomic mass is 16.6. The van der Waals surface area contributed by atoms with Gasteiger partial charge in [-0.15, -0.1) is 0 Å². The van der Waals surface area contributed by atoms with Crippen LogP contribution in [0.3, 0.4) is 0 Å². The van der Waals surface area contributed by atoms with Crippen molar-refractivity contribution < 1.29 is 217 Å². The van der Waals surface area contributed by atoms with E-state index in [2.05, 4.69) is 34.6 Å². The number of Topliss-reactive ketones (excluding diaryl/α,β-unsaturated/α-hetero) is 1. The van der Waals surface area contributed by atoms with E-state index in [1.165, 1.54) is 42.5 Å². The smallest absolute Gasteiger partial charge is 0.335 e. The van der Waals surface area contributed by atoms with Crippen LogP contribution in [0, 0.1) is 29.6 Å². The number of ether oxygens (including phenoxy) is 4. The van der Waals surface area contributed by atoms with Crippen molar-refractivity contribution in [3.05, 3.63) is 129 Å². The van der Waals surface area contributed by atoms with Crippen molar-refractivity contribution in [3.8, 4) is 69.0 Å². The molecule has 0 amide bonds. The van der Waals surface area contributed by atoms with Gasteiger partial charge in [0, 0.05) is 47.4 Å². The van der Waals surface area contributed by atoms with Gasteiger partial charge in [0.05, 0.1) is 69.4 Å². The number of carboxylic acid groups (broad SMARTS) is 1. The molecule has 5 aliphatic rings. The van der Waals surface area contributed by atoms with E-state index in [-0.39, 0.29) is 76.7 Å². The first kappa shape index (κ1) is 103. The third-order valence-corrected chi connectivity index (χ3v) is 21.4. The molecule has 0 radical (unpaired) electrons. The second kappa shape index (κ2) is 45.8. The summed E-state index contributed by atoms with van der Waals surface area (Å²) in [5.74, 6) is -8.11. The van der Waals surface area contributed by atoms with Gasteiger partial charge < -0.3 is 203 Å². The number of phenolic OH excluding ortho intramolecular Hbond substituents is 10. The average Bonchev–Trinajstić information content (AvgIpc) is 0.727. The topological polar surface area (TPSA) is 816 Å². The Hall–Kier alpha value is -9.41. The van der Waals surface area contributed by atoms with Crippen molar-refractivity contribution in [1.29, 1.82) is 0 Å². The van der Waals surface area contributed by atoms with Gasteiger partial charge in [-0.05, 0) is 78.1 Å². The molecule has 2 saturated heterocycles. The lowest BCUT2D eigenvalue weighted by Crippen LogP contribution is -2.55. The van der Waals surface area contributed by atoms with Crippen molar-refractivity contribution in [2.75, 3.05) is 46.2 Å². The van der Waals surface area contributed by atoms with Crippen LogP contribution in [0.15, 0.2) is 84.3 Å². The number of aromatic hydroxyl groups is 10. The van der Waals surface area contributed by atoms with Gasteiger partial charge in [-0.25, -0.2) is 4.79 Å². The van der Waals surface area contributed by atoms with Gasteiger partial charge in [-0.1, -0.05) is 47.1 Å². The fourth-order valence-corrected chi connectivity index (χ4v) is 13.3. The van der Waals surface area contributed by atoms with Gasteiger partial charge in [0.25, 0.3) is 0 Å². The normalized spacial score (nSPS) is 25.7. The summed E-state index contributed by atoms with van der Waals surface area (Å²) < 4.78 is 22.7. The monoisotopic (exact) mass is 1750 g/mol. The molecule has 26 atom stereocenters. The number of hydrogen-bond donors (Lipinski definition) is 36. The highest BCUT2D eigenvalue weighted by Gasteiger charge is 2.51. The number of carboxylic acids is 1. The Morgan fingerprint density at radius 2 is 0.934 bits per heavy atom. The summed E-state index contributed by atoms with van der Waals surface area (Å²) in [6.45, 7) is 6.64. The summed E-state index contributed by atoms with van der Waals surface area (Å²) in [7, 11) is 0. The minimum Gasteiger partial charge on any atom is -0.508 e. The molecule has 5 aromatic rings. The van der Waals surface area contributed by atoms with E-state index in [0.29, 0.717) is 46.6 Å². The molecule has 10 rings (SSSR count). The molecule has 5 aromatic carbocycles. The number of benzene rings is 5. The Morgan fingerprint density at radius 3 is 1.40 bits per heavy atom. The highest BCUT2D eigenvalue weighted by molar-refractivity contribution is 6.13. The average molecular weight is 1750 g/mol. The molecule has 4 aliphatic heterocycles. The SMILES string of the molecule is CCC(C)C(C)C(C)C(C)Cc1c(O)cc(O)c2c1OC(c1ccc(O)c(O)c1)C(O)C2.O=C(O)C(O)C(O)C(O)C(O)CO.O=C(c1ccc(O)cc1)c1c(O)cc(O)c(C2OC(CO)C(O)[C@H](O)[C@@H]2O)c1O.O=C1c2c(O)cc(O)c(C3OC(CO)C(O)[C@H](O)[C@@H]3O)c2OC2C=C(O)C(O)=CC12.OCC(O)C(O)C(O)C(O)CO.OCC(O)CO. The van der Waals surface area contributed by atoms with Crippen LogP contribution in [0.1, 0.15) is 113 Å². The number of aliphatic carboxylic acids is 1. The van der Waals surface area contributed by atoms with Crippen molar-refractivity contribution in [2.24, 2.45) is 29.6 Å². The summed E-state index contributed by atoms with van der Waals surface area (Å²) in [5, 5.41) is 339. The third-order valence-electron chi connectivity index (χ3n) is 21.4. The number of ketones is 2. The maximum atomic E-state index is 13.0. The minimum atomic E-state index is -2.20. The minimum absolute atomic E-state index is 0.00107. The molecule has 684 valence electrons. The van der Waals surface area contributed by atoms with Crippen LogP contribution in [0.25, 0.3) is 0 Å². The van der Waals surface area contributed by atoms with Crippen LogP contribution in [0.4, 0.5) is 0 Å². The molecule has 43 heteroatoms. The van der Waals surface area contributed by atoms with Gasteiger partial charge >= 0.3 is 5.97 Å². The first-order valence-electron chi connectivity index (χ1n) is 37.8. The maximum absolute atomic E-state index is 13.0. The highest BCUT2D eigenvalue weighted by Crippen LogP contribution is 2.53. The van der Waals surface area contributed by atoms with Crippen molar-refractivity contribution >= 4 is 17.5 Å². The van der Waals surface area contributed by atoms with Gasteiger partial charge in [-0.3, -0.25) is 9.59 Å². The summed E-state index contributed by atoms with van der Waals surface area (Å²) in [4.78, 5) is 35.8. The summed E-state index contributed by atoms with van der Waals surface area (Å²) in [6, 6.07) is 12.1. The lowest BCUT2D eigenvalue weighted by Gasteiger charge is -2.41. The Morgan fingerprint density at radius 1 is 0.467 bits per heavy atom. The predicted molar refractivity (Wildman–Crippen MR) is 412 cm³/mol. The lowest BCUT2D eigenvalue weighted by molar-refractivity contribution is -0.232. The quantitative estimate of drug-likeness (QED) is 0.0192. The number of phenols is 10. The van der Waals surface area contributed by atoms with Crippen LogP contribution >= 0.6 is 0 Å². The molecule has 43 nitrogen and oxygen atoms in total. The van der Waals surface area contributed by atoms with Crippen LogP contribution in [-0.2, 0) is 27.1 Å². The third kappa shape index (κ3) is 24.3. The van der Waals surface area contributed by atoms with E-state index < -0.39 is 242 Å². The van der Waals surface area contributed by atoms with E-state index in [1.807, 2.05) is 0 Å². The number of carbonyl (C=O) groups is 3. The Bertz CT molecular complexity index is 4270. The molecule has 122 heavy (non-hydrogen) atoms. The van der Waals surface area contributed by atoms with Gasteiger partial charge in [0.2, 0.25) is 5.78 Å². The first-order valence-corrected chi connectivity index (χ1v) is 37.8. The molecule has 0 saturated carbocycles. The lowest BCUT2D eigenvalue weighted by atomic mass is 9.75. The molecule has 0 spiro atoms. The van der Waals surface area contributed by atoms with E-state index >= 15 is 0 Å². The largest absolute Gasteiger partial charge is 0.508 e. The van der Waals surface area contributed by atoms with Gasteiger partial charge in [0.1, 0.15) is 191 Å². The molecule has 0 aromatic heterocycles. The van der Waals surface area contributed by atoms with Crippen molar-refractivity contribution in [1.82, 2.24) is 0 Å². The molecular weight excluding hydrogens is 1640 g/mol. The number of aliphatic hydroxyl groups excluding tert-OH is 25. The first-order chi connectivity index (χ1) is 57.1. The molecule has 1 aliphatic carbocycles. The summed E-state index contributed by atoms with van der Waals surface area (Å²) in [5.41, 5.74) is -0.189. The number of aliphatic hydroxyl groups is 25. The molecule has 2 fully saturated rings. The summed E-state index contributed by atoms with van der Waals surface area (Å²) >= 11 is 0. The number of rotatable bonds is 25. The predicted octanol–water partition coefficient (Wildman–Crippen LogP) is -5.38. The van der Waals surface area contributed by atoms with Crippen LogP contribution in [0.2, 0.25) is 0 Å². The fourth-order valence-electron chi connectivity index (χ4n) is 13.3. The number of fused-ring (bicyclic) bond motifs is 3. The molecular formula is C79H110O43. The van der Waals surface area contributed by atoms with Crippen molar-refractivity contribution in [2.45, 2.75) is 188 Å². The molecule has 22 unspecified atom stereocenters. The maximum Gasteiger partial charge on any atom is 0.335 e. The van der Waals surface area contributed by atoms with E-state index in [1.54, 1.807) is 6.07 Å². The Balaban J connectivity index is 0.000000278. The van der Waals surface area contributed by atoms with Crippen LogP contribution in [0.5, 0.6) is 69.0 Å². The van der Waals surface area contributed by atoms with E-state index in [0.717, 1.165) is 30.7 Å². The van der Waals surface area contributed by atoms with E-state index in [4.69, 9.17) is 95.5 Å². The van der Waals surface area contributed by atoms with Crippen LogP contribution < -0.4 is 9.47 Å². The van der Waals surface area contributed by atoms with Gasteiger partial charge in [0.15, 0.2) is 34.9 Å². The molecule has 0 bridgehead atoms. The fraction of sp³-hybridized carbons (Fsp3) is 0.532. The Kier molecular flexibility index (Phi) is 38.7. The number of hydrogen-bond acceptors (Lipinski definition) is 42. The standard InChI is InChI=1S/C26H36O6.C19H20O11.C19H20O10.C6H12O7.C6H14O6.C3H8O3/c1-6-13(2)15(4)16(5)14(3)9-18-21(28)12-22(29)19-11-24(31)25(32-26(18)19)17-7-8-20(27)23(30)10-17;20-4-11-15(26)16(27)17(28)19(30-11)13-9(24)2-8(23)12-14(25)5-1-6(21)7(22)3-10(5)29-18(12)13;20-6-11-15(25)17(27)18(28)19(29-11)13-10(23)5-9(22)12(16(13)26)14(24)7-1-3-8(21)4-2-7;7-1-2(8)3(9)4(10)5(11)6(12)13;7-1-3(9)5(11)6(12)4(10)2-8;4-1-3(6)2-5/h7-8,10,12-16,24-25,27-31H,6,9,11H2,1-5H3;1-3,5,10-11,15-17,19-24,26-28H,4H2;1-5,11,15,17-23,25-28H,6H2;2-5,7-11H,1H2,(H,12,13);3-12H,1-2H2;3-6H,1-2H2/t;5?,10?,11?,15?,16-,17-,19?;11?,15?,17-,18-,19?;;;/m.00.../s1. The zero-order valence-electron chi connectivity index (χ0n) is 66.0. The zero-order valence-corrected chi connectivity index (χ0v) is 66.0. The summed E-state index contributed by atoms with van der Waals surface area (Å²) in [6.07, 6.45) is -30.3. The second-order valence-electron chi connectivity index (χ2n) is 29.6. The number of carbonyl (C=O) groups excluding carboxylic acids is 2. The molecule has 4 heterocycles. The molecule has 36 N–H and O–H groups in total. The second-order valence-corrected chi connectivity index (χ2v) is 29.6. The zero-order chi connectivity index (χ0) is 92.4. The van der Waals surface area contributed by atoms with Crippen molar-refractivity contribution in [3.63, 3.8) is 0 Å². The van der Waals surface area contributed by atoms with E-state index in [9.17, 15) is 122 Å². The van der Waals surface area contributed by atoms with Crippen LogP contribution in [-0.4, -0.2) is 364 Å².